The summed E-state index contributed by atoms with van der Waals surface area (Å²) in [5.41, 5.74) is 1.77. The van der Waals surface area contributed by atoms with Crippen LogP contribution in [-0.4, -0.2) is 26.4 Å². The topological polar surface area (TPSA) is 68.5 Å². The van der Waals surface area contributed by atoms with Crippen LogP contribution in [0.1, 0.15) is 36.9 Å². The number of carbonyl (C=O) groups is 1. The molecular formula is C18H20N4O2S. The molecule has 0 bridgehead atoms. The SMILES string of the molecule is O=C(Cc1cn2ccsc2n1)NCc1ccnc(OC2CCCC2)c1. The van der Waals surface area contributed by atoms with Gasteiger partial charge in [-0.25, -0.2) is 9.97 Å². The third-order valence-electron chi connectivity index (χ3n) is 4.36. The molecular weight excluding hydrogens is 336 g/mol. The van der Waals surface area contributed by atoms with Crippen molar-refractivity contribution in [3.05, 3.63) is 47.4 Å². The molecule has 3 heterocycles. The van der Waals surface area contributed by atoms with Gasteiger partial charge in [-0.1, -0.05) is 0 Å². The molecule has 1 amide bonds. The lowest BCUT2D eigenvalue weighted by atomic mass is 10.2. The molecule has 0 aliphatic heterocycles. The maximum Gasteiger partial charge on any atom is 0.226 e. The number of thiazole rings is 1. The first-order valence-corrected chi connectivity index (χ1v) is 9.43. The Morgan fingerprint density at radius 3 is 3.12 bits per heavy atom. The van der Waals surface area contributed by atoms with E-state index in [1.807, 2.05) is 34.3 Å². The normalized spacial score (nSPS) is 14.9. The van der Waals surface area contributed by atoms with E-state index >= 15 is 0 Å². The van der Waals surface area contributed by atoms with Crippen molar-refractivity contribution in [1.29, 1.82) is 0 Å². The van der Waals surface area contributed by atoms with E-state index in [9.17, 15) is 4.79 Å². The van der Waals surface area contributed by atoms with Gasteiger partial charge in [0.05, 0.1) is 12.1 Å². The number of amides is 1. The molecule has 7 heteroatoms. The minimum atomic E-state index is -0.0409. The number of aromatic nitrogens is 3. The van der Waals surface area contributed by atoms with Gasteiger partial charge in [-0.15, -0.1) is 11.3 Å². The van der Waals surface area contributed by atoms with Crippen molar-refractivity contribution >= 4 is 22.2 Å². The maximum absolute atomic E-state index is 12.1. The predicted molar refractivity (Wildman–Crippen MR) is 95.7 cm³/mol. The number of ether oxygens (including phenoxy) is 1. The Labute approximate surface area is 149 Å². The summed E-state index contributed by atoms with van der Waals surface area (Å²) in [6, 6.07) is 3.81. The van der Waals surface area contributed by atoms with Crippen molar-refractivity contribution in [3.8, 4) is 5.88 Å². The Bertz CT molecular complexity index is 838. The number of carbonyl (C=O) groups excluding carboxylic acids is 1. The minimum absolute atomic E-state index is 0.0409. The van der Waals surface area contributed by atoms with Crippen LogP contribution in [0.2, 0.25) is 0 Å². The van der Waals surface area contributed by atoms with Gasteiger partial charge in [0.15, 0.2) is 4.96 Å². The molecule has 130 valence electrons. The molecule has 0 saturated heterocycles. The fraction of sp³-hybridized carbons (Fsp3) is 0.389. The molecule has 0 radical (unpaired) electrons. The maximum atomic E-state index is 12.1. The summed E-state index contributed by atoms with van der Waals surface area (Å²) in [6.45, 7) is 0.463. The molecule has 0 unspecified atom stereocenters. The molecule has 3 aromatic rings. The van der Waals surface area contributed by atoms with E-state index in [1.54, 1.807) is 17.5 Å². The smallest absolute Gasteiger partial charge is 0.226 e. The Kier molecular flexibility index (Phi) is 4.65. The third kappa shape index (κ3) is 3.99. The molecule has 1 fully saturated rings. The van der Waals surface area contributed by atoms with Crippen molar-refractivity contribution in [2.45, 2.75) is 44.8 Å². The molecule has 4 rings (SSSR count). The Morgan fingerprint density at radius 1 is 1.40 bits per heavy atom. The van der Waals surface area contributed by atoms with Gasteiger partial charge in [0.1, 0.15) is 6.10 Å². The fourth-order valence-electron chi connectivity index (χ4n) is 3.09. The predicted octanol–water partition coefficient (Wildman–Crippen LogP) is 2.97. The molecule has 3 aromatic heterocycles. The van der Waals surface area contributed by atoms with E-state index in [-0.39, 0.29) is 18.4 Å². The summed E-state index contributed by atoms with van der Waals surface area (Å²) in [5, 5.41) is 4.91. The number of imidazole rings is 1. The van der Waals surface area contributed by atoms with Gasteiger partial charge in [0.2, 0.25) is 11.8 Å². The molecule has 6 nitrogen and oxygen atoms in total. The Hall–Kier alpha value is -2.41. The highest BCUT2D eigenvalue weighted by molar-refractivity contribution is 7.15. The zero-order chi connectivity index (χ0) is 17.1. The first-order valence-electron chi connectivity index (χ1n) is 8.55. The van der Waals surface area contributed by atoms with Gasteiger partial charge in [0, 0.05) is 36.6 Å². The van der Waals surface area contributed by atoms with Crippen LogP contribution in [0.4, 0.5) is 0 Å². The van der Waals surface area contributed by atoms with Crippen LogP contribution in [0.3, 0.4) is 0 Å². The Balaban J connectivity index is 1.31. The van der Waals surface area contributed by atoms with Gasteiger partial charge in [-0.3, -0.25) is 9.20 Å². The average molecular weight is 356 g/mol. The molecule has 1 N–H and O–H groups in total. The lowest BCUT2D eigenvalue weighted by Gasteiger charge is -2.12. The molecule has 0 atom stereocenters. The zero-order valence-corrected chi connectivity index (χ0v) is 14.7. The van der Waals surface area contributed by atoms with Crippen molar-refractivity contribution in [2.24, 2.45) is 0 Å². The highest BCUT2D eigenvalue weighted by Gasteiger charge is 2.17. The van der Waals surface area contributed by atoms with Crippen LogP contribution in [0.25, 0.3) is 4.96 Å². The van der Waals surface area contributed by atoms with E-state index in [1.165, 1.54) is 12.8 Å². The molecule has 25 heavy (non-hydrogen) atoms. The van der Waals surface area contributed by atoms with Crippen LogP contribution >= 0.6 is 11.3 Å². The minimum Gasteiger partial charge on any atom is -0.474 e. The summed E-state index contributed by atoms with van der Waals surface area (Å²) in [5.74, 6) is 0.605. The highest BCUT2D eigenvalue weighted by Crippen LogP contribution is 2.23. The monoisotopic (exact) mass is 356 g/mol. The van der Waals surface area contributed by atoms with Crippen molar-refractivity contribution in [2.75, 3.05) is 0 Å². The number of hydrogen-bond donors (Lipinski definition) is 1. The largest absolute Gasteiger partial charge is 0.474 e. The summed E-state index contributed by atoms with van der Waals surface area (Å²) in [4.78, 5) is 21.8. The first kappa shape index (κ1) is 16.1. The van der Waals surface area contributed by atoms with Crippen LogP contribution in [-0.2, 0) is 17.8 Å². The Morgan fingerprint density at radius 2 is 2.28 bits per heavy atom. The van der Waals surface area contributed by atoms with Crippen LogP contribution in [0.15, 0.2) is 36.1 Å². The van der Waals surface area contributed by atoms with Gasteiger partial charge in [-0.05, 0) is 37.3 Å². The number of nitrogens with one attached hydrogen (secondary N) is 1. The van der Waals surface area contributed by atoms with Crippen LogP contribution < -0.4 is 10.1 Å². The number of fused-ring (bicyclic) bond motifs is 1. The standard InChI is InChI=1S/C18H20N4O2S/c23-16(10-14-12-22-7-8-25-18(22)21-14)20-11-13-5-6-19-17(9-13)24-15-3-1-2-4-15/h5-9,12,15H,1-4,10-11H2,(H,20,23). The van der Waals surface area contributed by atoms with E-state index in [0.717, 1.165) is 29.1 Å². The summed E-state index contributed by atoms with van der Waals surface area (Å²) in [7, 11) is 0. The highest BCUT2D eigenvalue weighted by atomic mass is 32.1. The van der Waals surface area contributed by atoms with Crippen molar-refractivity contribution < 1.29 is 9.53 Å². The quantitative estimate of drug-likeness (QED) is 0.737. The lowest BCUT2D eigenvalue weighted by Crippen LogP contribution is -2.24. The number of nitrogens with zero attached hydrogens (tertiary/aromatic N) is 3. The second-order valence-electron chi connectivity index (χ2n) is 6.31. The van der Waals surface area contributed by atoms with Crippen LogP contribution in [0, 0.1) is 0 Å². The van der Waals surface area contributed by atoms with Gasteiger partial charge in [0.25, 0.3) is 0 Å². The van der Waals surface area contributed by atoms with Crippen LogP contribution in [0.5, 0.6) is 5.88 Å². The molecule has 0 spiro atoms. The van der Waals surface area contributed by atoms with E-state index in [4.69, 9.17) is 4.74 Å². The number of hydrogen-bond acceptors (Lipinski definition) is 5. The van der Waals surface area contributed by atoms with Gasteiger partial charge >= 0.3 is 0 Å². The second-order valence-corrected chi connectivity index (χ2v) is 7.18. The number of rotatable bonds is 6. The zero-order valence-electron chi connectivity index (χ0n) is 13.9. The molecule has 0 aromatic carbocycles. The second kappa shape index (κ2) is 7.23. The molecule has 1 aliphatic rings. The first-order chi connectivity index (χ1) is 12.3. The van der Waals surface area contributed by atoms with E-state index in [0.29, 0.717) is 12.4 Å². The van der Waals surface area contributed by atoms with Crippen molar-refractivity contribution in [3.63, 3.8) is 0 Å². The summed E-state index contributed by atoms with van der Waals surface area (Å²) < 4.78 is 7.84. The third-order valence-corrected chi connectivity index (χ3v) is 5.13. The average Bonchev–Trinajstić information content (AvgIpc) is 3.31. The fourth-order valence-corrected chi connectivity index (χ4v) is 3.81. The molecule has 1 aliphatic carbocycles. The van der Waals surface area contributed by atoms with Gasteiger partial charge < -0.3 is 10.1 Å². The van der Waals surface area contributed by atoms with E-state index < -0.39 is 0 Å². The summed E-state index contributed by atoms with van der Waals surface area (Å²) >= 11 is 1.56. The molecule has 1 saturated carbocycles. The van der Waals surface area contributed by atoms with Crippen molar-refractivity contribution in [1.82, 2.24) is 19.7 Å². The van der Waals surface area contributed by atoms with Gasteiger partial charge in [-0.2, -0.15) is 0 Å². The summed E-state index contributed by atoms with van der Waals surface area (Å²) in [6.07, 6.45) is 10.8. The number of pyridine rings is 1. The lowest BCUT2D eigenvalue weighted by molar-refractivity contribution is -0.120. The van der Waals surface area contributed by atoms with E-state index in [2.05, 4.69) is 15.3 Å².